The topological polar surface area (TPSA) is 0 Å². The van der Waals surface area contributed by atoms with Crippen LogP contribution in [0.15, 0.2) is 30.3 Å². The van der Waals surface area contributed by atoms with Crippen molar-refractivity contribution in [2.75, 3.05) is 0 Å². The second-order valence-corrected chi connectivity index (χ2v) is 4.14. The third kappa shape index (κ3) is 4.12. The fourth-order valence-corrected chi connectivity index (χ4v) is 1.79. The summed E-state index contributed by atoms with van der Waals surface area (Å²) >= 11 is 0. The van der Waals surface area contributed by atoms with Gasteiger partial charge in [0.05, 0.1) is 0 Å². The molecule has 0 heteroatoms. The van der Waals surface area contributed by atoms with E-state index in [9.17, 15) is 0 Å². The molecule has 0 aliphatic carbocycles. The first-order valence-electron chi connectivity index (χ1n) is 5.05. The van der Waals surface area contributed by atoms with Crippen LogP contribution in [0, 0.1) is 18.8 Å². The van der Waals surface area contributed by atoms with Crippen molar-refractivity contribution < 1.29 is 0 Å². The predicted molar refractivity (Wildman–Crippen MR) is 58.4 cm³/mol. The largest absolute Gasteiger partial charge is 0.0625 e. The molecule has 0 fully saturated rings. The monoisotopic (exact) mass is 175 g/mol. The third-order valence-electron chi connectivity index (χ3n) is 2.23. The molecule has 1 aromatic carbocycles. The minimum Gasteiger partial charge on any atom is -0.0625 e. The Bertz CT molecular complexity index is 223. The van der Waals surface area contributed by atoms with Gasteiger partial charge in [0.2, 0.25) is 0 Å². The quantitative estimate of drug-likeness (QED) is 0.654. The highest BCUT2D eigenvalue weighted by Gasteiger charge is 2.05. The molecule has 0 aliphatic heterocycles. The van der Waals surface area contributed by atoms with Gasteiger partial charge in [-0.25, -0.2) is 0 Å². The van der Waals surface area contributed by atoms with Gasteiger partial charge in [-0.2, -0.15) is 0 Å². The molecule has 0 bridgehead atoms. The van der Waals surface area contributed by atoms with Crippen LogP contribution in [0.4, 0.5) is 0 Å². The first kappa shape index (κ1) is 10.3. The molecule has 0 saturated heterocycles. The summed E-state index contributed by atoms with van der Waals surface area (Å²) in [6, 6.07) is 10.7. The van der Waals surface area contributed by atoms with Gasteiger partial charge in [-0.15, -0.1) is 0 Å². The molecule has 0 spiro atoms. The van der Waals surface area contributed by atoms with Crippen molar-refractivity contribution in [3.63, 3.8) is 0 Å². The van der Waals surface area contributed by atoms with E-state index in [2.05, 4.69) is 51.1 Å². The Morgan fingerprint density at radius 2 is 1.77 bits per heavy atom. The van der Waals surface area contributed by atoms with E-state index in [0.29, 0.717) is 5.92 Å². The average Bonchev–Trinajstić information content (AvgIpc) is 2.04. The van der Waals surface area contributed by atoms with E-state index >= 15 is 0 Å². The second-order valence-electron chi connectivity index (χ2n) is 4.14. The lowest BCUT2D eigenvalue weighted by Gasteiger charge is -2.13. The van der Waals surface area contributed by atoms with E-state index in [4.69, 9.17) is 0 Å². The molecular weight excluding hydrogens is 156 g/mol. The Kier molecular flexibility index (Phi) is 4.01. The molecule has 2 atom stereocenters. The molecule has 1 radical (unpaired) electrons. The predicted octanol–water partition coefficient (Wildman–Crippen LogP) is 3.73. The summed E-state index contributed by atoms with van der Waals surface area (Å²) in [6.07, 6.45) is 2.40. The highest BCUT2D eigenvalue weighted by molar-refractivity contribution is 5.15. The molecule has 2 unspecified atom stereocenters. The van der Waals surface area contributed by atoms with Crippen molar-refractivity contribution in [3.8, 4) is 0 Å². The minimum atomic E-state index is 0.568. The molecule has 0 amide bonds. The Morgan fingerprint density at radius 1 is 1.15 bits per heavy atom. The van der Waals surface area contributed by atoms with Crippen LogP contribution in [0.5, 0.6) is 0 Å². The second kappa shape index (κ2) is 5.06. The number of hydrogen-bond donors (Lipinski definition) is 0. The Labute approximate surface area is 82.0 Å². The van der Waals surface area contributed by atoms with E-state index in [1.54, 1.807) is 0 Å². The number of benzene rings is 1. The maximum Gasteiger partial charge on any atom is -0.0253 e. The zero-order valence-electron chi connectivity index (χ0n) is 8.66. The van der Waals surface area contributed by atoms with E-state index < -0.39 is 0 Å². The molecule has 0 N–H and O–H groups in total. The fourth-order valence-electron chi connectivity index (χ4n) is 1.79. The van der Waals surface area contributed by atoms with Gasteiger partial charge < -0.3 is 0 Å². The summed E-state index contributed by atoms with van der Waals surface area (Å²) in [4.78, 5) is 0. The van der Waals surface area contributed by atoms with Gasteiger partial charge in [-0.3, -0.25) is 0 Å². The van der Waals surface area contributed by atoms with E-state index in [1.165, 1.54) is 18.4 Å². The molecule has 1 aromatic rings. The maximum atomic E-state index is 4.02. The third-order valence-corrected chi connectivity index (χ3v) is 2.23. The van der Waals surface area contributed by atoms with Crippen molar-refractivity contribution in [1.82, 2.24) is 0 Å². The lowest BCUT2D eigenvalue weighted by atomic mass is 9.93. The van der Waals surface area contributed by atoms with Crippen LogP contribution >= 0.6 is 0 Å². The van der Waals surface area contributed by atoms with Crippen molar-refractivity contribution in [3.05, 3.63) is 42.8 Å². The van der Waals surface area contributed by atoms with Gasteiger partial charge in [-0.05, 0) is 30.2 Å². The molecule has 71 valence electrons. The molecule has 13 heavy (non-hydrogen) atoms. The van der Waals surface area contributed by atoms with Gasteiger partial charge in [0.25, 0.3) is 0 Å². The van der Waals surface area contributed by atoms with E-state index in [1.807, 2.05) is 0 Å². The molecule has 0 heterocycles. The van der Waals surface area contributed by atoms with Crippen molar-refractivity contribution >= 4 is 0 Å². The van der Waals surface area contributed by atoms with Gasteiger partial charge in [0.1, 0.15) is 0 Å². The first-order chi connectivity index (χ1) is 6.18. The molecule has 0 saturated carbocycles. The van der Waals surface area contributed by atoms with Crippen molar-refractivity contribution in [2.24, 2.45) is 11.8 Å². The van der Waals surface area contributed by atoms with E-state index in [-0.39, 0.29) is 0 Å². The smallest absolute Gasteiger partial charge is 0.0253 e. The molecule has 1 rings (SSSR count). The van der Waals surface area contributed by atoms with Gasteiger partial charge in [-0.1, -0.05) is 51.1 Å². The highest BCUT2D eigenvalue weighted by Crippen LogP contribution is 2.15. The molecule has 0 nitrogen and oxygen atoms in total. The fraction of sp³-hybridized carbons (Fsp3) is 0.462. The Balaban J connectivity index is 2.41. The normalized spacial score (nSPS) is 13.2. The van der Waals surface area contributed by atoms with Crippen LogP contribution in [0.2, 0.25) is 0 Å². The lowest BCUT2D eigenvalue weighted by molar-refractivity contribution is 0.463. The molecular formula is C13H19. The standard InChI is InChI=1S/C13H19/c1-11(2)9-12(3)10-13-7-5-4-6-8-13/h4-8,11-12H,1,9-10H2,2-3H3. The summed E-state index contributed by atoms with van der Waals surface area (Å²) in [7, 11) is 0. The van der Waals surface area contributed by atoms with Crippen LogP contribution in [-0.4, -0.2) is 0 Å². The summed E-state index contributed by atoms with van der Waals surface area (Å²) in [5.74, 6) is 1.31. The zero-order valence-corrected chi connectivity index (χ0v) is 8.66. The van der Waals surface area contributed by atoms with Crippen LogP contribution < -0.4 is 0 Å². The molecule has 0 aliphatic rings. The Hall–Kier alpha value is -0.780. The van der Waals surface area contributed by atoms with E-state index in [0.717, 1.165) is 5.92 Å². The van der Waals surface area contributed by atoms with Gasteiger partial charge >= 0.3 is 0 Å². The van der Waals surface area contributed by atoms with Crippen LogP contribution in [0.3, 0.4) is 0 Å². The minimum absolute atomic E-state index is 0.568. The number of hydrogen-bond acceptors (Lipinski definition) is 0. The first-order valence-corrected chi connectivity index (χ1v) is 5.05. The summed E-state index contributed by atoms with van der Waals surface area (Å²) in [5.41, 5.74) is 1.44. The van der Waals surface area contributed by atoms with Crippen LogP contribution in [0.1, 0.15) is 25.8 Å². The number of rotatable bonds is 4. The molecule has 0 aromatic heterocycles. The SMILES string of the molecule is [CH2]C(C)CC(C)Cc1ccccc1. The summed E-state index contributed by atoms with van der Waals surface area (Å²) in [5, 5.41) is 0. The van der Waals surface area contributed by atoms with Crippen molar-refractivity contribution in [2.45, 2.75) is 26.7 Å². The maximum absolute atomic E-state index is 4.02. The zero-order chi connectivity index (χ0) is 9.68. The lowest BCUT2D eigenvalue weighted by Crippen LogP contribution is -2.03. The average molecular weight is 175 g/mol. The highest BCUT2D eigenvalue weighted by atomic mass is 14.1. The Morgan fingerprint density at radius 3 is 2.31 bits per heavy atom. The summed E-state index contributed by atoms with van der Waals surface area (Å²) < 4.78 is 0. The van der Waals surface area contributed by atoms with Crippen LogP contribution in [-0.2, 0) is 6.42 Å². The van der Waals surface area contributed by atoms with Gasteiger partial charge in [0, 0.05) is 0 Å². The summed E-state index contributed by atoms with van der Waals surface area (Å²) in [6.45, 7) is 8.50. The van der Waals surface area contributed by atoms with Gasteiger partial charge in [0.15, 0.2) is 0 Å². The van der Waals surface area contributed by atoms with Crippen molar-refractivity contribution in [1.29, 1.82) is 0 Å². The van der Waals surface area contributed by atoms with Crippen LogP contribution in [0.25, 0.3) is 0 Å².